The average molecular weight is 517 g/mol. The van der Waals surface area contributed by atoms with Crippen molar-refractivity contribution in [1.29, 1.82) is 0 Å². The lowest BCUT2D eigenvalue weighted by Crippen LogP contribution is -2.43. The molecule has 1 aliphatic heterocycles. The van der Waals surface area contributed by atoms with Crippen LogP contribution in [0, 0.1) is 6.92 Å². The van der Waals surface area contributed by atoms with Crippen LogP contribution >= 0.6 is 0 Å². The van der Waals surface area contributed by atoms with Gasteiger partial charge in [-0.25, -0.2) is 19.6 Å². The Bertz CT molecular complexity index is 1540. The smallest absolute Gasteiger partial charge is 0.410 e. The van der Waals surface area contributed by atoms with Crippen molar-refractivity contribution in [1.82, 2.24) is 24.6 Å². The third kappa shape index (κ3) is 4.33. The molecule has 0 saturated heterocycles. The summed E-state index contributed by atoms with van der Waals surface area (Å²) in [5, 5.41) is 7.65. The summed E-state index contributed by atoms with van der Waals surface area (Å²) < 4.78 is 18.3. The lowest BCUT2D eigenvalue weighted by Gasteiger charge is -2.33. The number of nitrogens with zero attached hydrogens (tertiary/aromatic N) is 5. The minimum atomic E-state index is -0.353. The predicted molar refractivity (Wildman–Crippen MR) is 137 cm³/mol. The third-order valence-electron chi connectivity index (χ3n) is 7.11. The summed E-state index contributed by atoms with van der Waals surface area (Å²) in [6.45, 7) is 6.35. The monoisotopic (exact) mass is 516 g/mol. The van der Waals surface area contributed by atoms with Gasteiger partial charge in [0.25, 0.3) is 0 Å². The van der Waals surface area contributed by atoms with Crippen LogP contribution in [0.1, 0.15) is 55.2 Å². The summed E-state index contributed by atoms with van der Waals surface area (Å²) in [4.78, 5) is 35.8. The average Bonchev–Trinajstić information content (AvgIpc) is 3.49. The van der Waals surface area contributed by atoms with Gasteiger partial charge in [0.2, 0.25) is 5.88 Å². The van der Waals surface area contributed by atoms with E-state index in [1.54, 1.807) is 24.1 Å². The fourth-order valence-corrected chi connectivity index (χ4v) is 4.85. The van der Waals surface area contributed by atoms with Gasteiger partial charge in [-0.3, -0.25) is 14.8 Å². The van der Waals surface area contributed by atoms with Crippen molar-refractivity contribution in [3.05, 3.63) is 59.4 Å². The number of benzene rings is 1. The lowest BCUT2D eigenvalue weighted by molar-refractivity contribution is 0.0849. The van der Waals surface area contributed by atoms with E-state index in [1.165, 1.54) is 10.9 Å². The van der Waals surface area contributed by atoms with E-state index in [-0.39, 0.29) is 18.2 Å². The summed E-state index contributed by atoms with van der Waals surface area (Å²) in [6, 6.07) is 6.92. The number of hydrogen-bond donors (Lipinski definition) is 1. The number of amides is 2. The van der Waals surface area contributed by atoms with Crippen molar-refractivity contribution in [2.45, 2.75) is 58.5 Å². The summed E-state index contributed by atoms with van der Waals surface area (Å²) >= 11 is 0. The van der Waals surface area contributed by atoms with Crippen LogP contribution in [0.4, 0.5) is 15.4 Å². The Hall–Kier alpha value is -4.41. The van der Waals surface area contributed by atoms with Crippen molar-refractivity contribution < 1.29 is 23.6 Å². The predicted octanol–water partition coefficient (Wildman–Crippen LogP) is 5.38. The van der Waals surface area contributed by atoms with Gasteiger partial charge in [0.1, 0.15) is 17.8 Å². The Morgan fingerprint density at radius 1 is 1.21 bits per heavy atom. The van der Waals surface area contributed by atoms with Crippen LogP contribution in [0.25, 0.3) is 10.9 Å². The highest BCUT2D eigenvalue weighted by Crippen LogP contribution is 2.41. The fourth-order valence-electron chi connectivity index (χ4n) is 4.85. The largest absolute Gasteiger partial charge is 0.450 e. The number of hydrogen-bond acceptors (Lipinski definition) is 8. The van der Waals surface area contributed by atoms with Gasteiger partial charge in [-0.15, -0.1) is 0 Å². The second kappa shape index (κ2) is 9.47. The molecule has 1 aliphatic carbocycles. The SMILES string of the molecule is CCOC(=O)N1Cc2ncnc(Oc3ccc4c(ccn4C(=O)Nc4cc(C5CC5)on4)c3C)c2C[C@@H]1C. The van der Waals surface area contributed by atoms with Gasteiger partial charge in [0.05, 0.1) is 24.4 Å². The number of carbonyl (C=O) groups is 2. The van der Waals surface area contributed by atoms with Gasteiger partial charge in [0, 0.05) is 40.7 Å². The van der Waals surface area contributed by atoms with Crippen LogP contribution in [0.15, 0.2) is 41.3 Å². The van der Waals surface area contributed by atoms with E-state index in [0.717, 1.165) is 46.3 Å². The van der Waals surface area contributed by atoms with E-state index < -0.39 is 0 Å². The summed E-state index contributed by atoms with van der Waals surface area (Å²) in [6.07, 6.45) is 5.55. The summed E-state index contributed by atoms with van der Waals surface area (Å²) in [5.74, 6) is 2.72. The molecule has 0 unspecified atom stereocenters. The van der Waals surface area contributed by atoms with Crippen LogP contribution < -0.4 is 10.1 Å². The molecule has 11 heteroatoms. The molecule has 196 valence electrons. The van der Waals surface area contributed by atoms with Crippen LogP contribution in [0.3, 0.4) is 0 Å². The van der Waals surface area contributed by atoms with Gasteiger partial charge >= 0.3 is 12.1 Å². The highest BCUT2D eigenvalue weighted by Gasteiger charge is 2.31. The quantitative estimate of drug-likeness (QED) is 0.375. The summed E-state index contributed by atoms with van der Waals surface area (Å²) in [5.41, 5.74) is 3.22. The molecule has 38 heavy (non-hydrogen) atoms. The molecule has 0 spiro atoms. The van der Waals surface area contributed by atoms with E-state index in [0.29, 0.717) is 42.9 Å². The molecule has 11 nitrogen and oxygen atoms in total. The topological polar surface area (TPSA) is 125 Å². The Kier molecular flexibility index (Phi) is 5.97. The normalized spacial score (nSPS) is 16.8. The standard InChI is InChI=1S/C27H28N6O5/c1-4-36-27(35)33-13-20-19(11-15(33)2)25(29-14-28-20)37-22-8-7-21-18(16(22)3)9-10-32(21)26(34)30-24-12-23(38-31-24)17-5-6-17/h7-10,12,14-15,17H,4-6,11,13H2,1-3H3,(H,30,31,34)/t15-/m0/s1. The first-order valence-corrected chi connectivity index (χ1v) is 12.8. The number of rotatable bonds is 5. The van der Waals surface area contributed by atoms with Gasteiger partial charge in [-0.05, 0) is 58.2 Å². The van der Waals surface area contributed by atoms with Crippen LogP contribution in [-0.4, -0.2) is 49.4 Å². The molecule has 2 aliphatic rings. The molecular formula is C27H28N6O5. The van der Waals surface area contributed by atoms with Gasteiger partial charge in [-0.1, -0.05) is 5.16 Å². The Morgan fingerprint density at radius 2 is 2.05 bits per heavy atom. The zero-order valence-corrected chi connectivity index (χ0v) is 21.4. The highest BCUT2D eigenvalue weighted by atomic mass is 16.6. The Morgan fingerprint density at radius 3 is 2.84 bits per heavy atom. The van der Waals surface area contributed by atoms with E-state index >= 15 is 0 Å². The van der Waals surface area contributed by atoms with Crippen molar-refractivity contribution in [2.24, 2.45) is 0 Å². The van der Waals surface area contributed by atoms with E-state index in [1.807, 2.05) is 32.0 Å². The number of nitrogens with one attached hydrogen (secondary N) is 1. The second-order valence-corrected chi connectivity index (χ2v) is 9.71. The minimum absolute atomic E-state index is 0.0870. The molecule has 1 atom stereocenters. The molecule has 4 aromatic rings. The Balaban J connectivity index is 1.23. The molecule has 1 saturated carbocycles. The third-order valence-corrected chi connectivity index (χ3v) is 7.11. The number of fused-ring (bicyclic) bond motifs is 2. The maximum atomic E-state index is 13.0. The number of aryl methyl sites for hydroxylation is 1. The van der Waals surface area contributed by atoms with E-state index in [9.17, 15) is 9.59 Å². The first-order chi connectivity index (χ1) is 18.4. The maximum absolute atomic E-state index is 13.0. The molecule has 0 bridgehead atoms. The van der Waals surface area contributed by atoms with Crippen LogP contribution in [0.2, 0.25) is 0 Å². The summed E-state index contributed by atoms with van der Waals surface area (Å²) in [7, 11) is 0. The van der Waals surface area contributed by atoms with Gasteiger partial charge < -0.3 is 14.0 Å². The first-order valence-electron chi connectivity index (χ1n) is 12.8. The number of aromatic nitrogens is 4. The van der Waals surface area contributed by atoms with Crippen molar-refractivity contribution >= 4 is 28.8 Å². The minimum Gasteiger partial charge on any atom is -0.450 e. The highest BCUT2D eigenvalue weighted by molar-refractivity contribution is 5.99. The van der Waals surface area contributed by atoms with Crippen molar-refractivity contribution in [3.8, 4) is 11.6 Å². The lowest BCUT2D eigenvalue weighted by atomic mass is 10.00. The molecule has 4 heterocycles. The van der Waals surface area contributed by atoms with Crippen molar-refractivity contribution in [2.75, 3.05) is 11.9 Å². The van der Waals surface area contributed by atoms with E-state index in [4.69, 9.17) is 14.0 Å². The molecule has 1 fully saturated rings. The second-order valence-electron chi connectivity index (χ2n) is 9.71. The Labute approximate surface area is 218 Å². The zero-order chi connectivity index (χ0) is 26.4. The van der Waals surface area contributed by atoms with Gasteiger partial charge in [-0.2, -0.15) is 0 Å². The molecule has 3 aromatic heterocycles. The van der Waals surface area contributed by atoms with E-state index in [2.05, 4.69) is 20.4 Å². The molecule has 1 N–H and O–H groups in total. The molecule has 1 aromatic carbocycles. The molecule has 6 rings (SSSR count). The first kappa shape index (κ1) is 24.0. The number of anilines is 1. The maximum Gasteiger partial charge on any atom is 0.410 e. The fraction of sp³-hybridized carbons (Fsp3) is 0.370. The van der Waals surface area contributed by atoms with Gasteiger partial charge in [0.15, 0.2) is 5.82 Å². The van der Waals surface area contributed by atoms with Crippen molar-refractivity contribution in [3.63, 3.8) is 0 Å². The molecule has 0 radical (unpaired) electrons. The molecule has 2 amide bonds. The number of carbonyl (C=O) groups excluding carboxylic acids is 2. The van der Waals surface area contributed by atoms with Crippen LogP contribution in [0.5, 0.6) is 11.6 Å². The molecular weight excluding hydrogens is 488 g/mol. The zero-order valence-electron chi connectivity index (χ0n) is 21.4. The van der Waals surface area contributed by atoms with Crippen LogP contribution in [-0.2, 0) is 17.7 Å². The number of ether oxygens (including phenoxy) is 2.